The fourth-order valence-electron chi connectivity index (χ4n) is 2.80. The summed E-state index contributed by atoms with van der Waals surface area (Å²) in [7, 11) is 0. The van der Waals surface area contributed by atoms with Crippen LogP contribution in [0.15, 0.2) is 47.8 Å². The van der Waals surface area contributed by atoms with E-state index in [0.29, 0.717) is 24.3 Å². The molecule has 0 bridgehead atoms. The first kappa shape index (κ1) is 18.8. The zero-order valence-corrected chi connectivity index (χ0v) is 16.2. The second kappa shape index (κ2) is 8.64. The Bertz CT molecular complexity index is 931. The summed E-state index contributed by atoms with van der Waals surface area (Å²) in [6.07, 6.45) is 0.904. The minimum Gasteiger partial charge on any atom is -0.351 e. The molecule has 6 nitrogen and oxygen atoms in total. The highest BCUT2D eigenvalue weighted by atomic mass is 32.1. The molecule has 0 saturated carbocycles. The molecule has 0 aliphatic carbocycles. The predicted octanol–water partition coefficient (Wildman–Crippen LogP) is 3.70. The molecular formula is C20H22N4O2S. The number of carbonyl (C=O) groups excluding carboxylic acids is 2. The predicted molar refractivity (Wildman–Crippen MR) is 108 cm³/mol. The van der Waals surface area contributed by atoms with E-state index in [0.717, 1.165) is 22.8 Å². The van der Waals surface area contributed by atoms with Crippen molar-refractivity contribution in [2.75, 3.05) is 11.9 Å². The molecule has 2 heterocycles. The highest BCUT2D eigenvalue weighted by Gasteiger charge is 2.11. The van der Waals surface area contributed by atoms with Gasteiger partial charge in [-0.25, -0.2) is 4.68 Å². The average Bonchev–Trinajstić information content (AvgIpc) is 3.29. The summed E-state index contributed by atoms with van der Waals surface area (Å²) in [6.45, 7) is 4.38. The van der Waals surface area contributed by atoms with Gasteiger partial charge in [-0.2, -0.15) is 5.10 Å². The molecule has 140 valence electrons. The number of para-hydroxylation sites is 2. The van der Waals surface area contributed by atoms with Gasteiger partial charge in [0.05, 0.1) is 21.9 Å². The van der Waals surface area contributed by atoms with Gasteiger partial charge in [0.25, 0.3) is 5.91 Å². The summed E-state index contributed by atoms with van der Waals surface area (Å²) >= 11 is 1.40. The quantitative estimate of drug-likeness (QED) is 0.612. The molecule has 0 atom stereocenters. The summed E-state index contributed by atoms with van der Waals surface area (Å²) in [5.41, 5.74) is 3.49. The third-order valence-electron chi connectivity index (χ3n) is 4.03. The van der Waals surface area contributed by atoms with Gasteiger partial charge < -0.3 is 10.6 Å². The van der Waals surface area contributed by atoms with Crippen molar-refractivity contribution in [1.29, 1.82) is 0 Å². The van der Waals surface area contributed by atoms with E-state index in [1.54, 1.807) is 6.07 Å². The first-order valence-corrected chi connectivity index (χ1v) is 9.67. The van der Waals surface area contributed by atoms with E-state index in [9.17, 15) is 9.59 Å². The number of aryl methyl sites for hydroxylation is 2. The normalized spacial score (nSPS) is 10.6. The Kier molecular flexibility index (Phi) is 6.03. The summed E-state index contributed by atoms with van der Waals surface area (Å²) < 4.78 is 1.83. The van der Waals surface area contributed by atoms with Crippen LogP contribution in [0.1, 0.15) is 33.9 Å². The van der Waals surface area contributed by atoms with Crippen LogP contribution in [0.3, 0.4) is 0 Å². The van der Waals surface area contributed by atoms with Gasteiger partial charge in [-0.1, -0.05) is 18.2 Å². The van der Waals surface area contributed by atoms with Crippen LogP contribution in [0.25, 0.3) is 5.69 Å². The molecule has 0 aliphatic rings. The molecule has 2 amide bonds. The van der Waals surface area contributed by atoms with Crippen LogP contribution in [0.2, 0.25) is 0 Å². The van der Waals surface area contributed by atoms with E-state index in [2.05, 4.69) is 15.7 Å². The maximum atomic E-state index is 12.3. The largest absolute Gasteiger partial charge is 0.351 e. The van der Waals surface area contributed by atoms with Gasteiger partial charge in [0.2, 0.25) is 5.91 Å². The zero-order valence-electron chi connectivity index (χ0n) is 15.4. The number of carbonyl (C=O) groups is 2. The number of amides is 2. The molecule has 27 heavy (non-hydrogen) atoms. The Morgan fingerprint density at radius 1 is 1.15 bits per heavy atom. The number of rotatable bonds is 7. The number of nitrogens with zero attached hydrogens (tertiary/aromatic N) is 2. The Morgan fingerprint density at radius 2 is 1.96 bits per heavy atom. The summed E-state index contributed by atoms with van der Waals surface area (Å²) in [4.78, 5) is 24.9. The highest BCUT2D eigenvalue weighted by molar-refractivity contribution is 7.12. The van der Waals surface area contributed by atoms with Gasteiger partial charge in [-0.3, -0.25) is 9.59 Å². The lowest BCUT2D eigenvalue weighted by atomic mass is 10.2. The van der Waals surface area contributed by atoms with Crippen LogP contribution < -0.4 is 10.6 Å². The number of hydrogen-bond donors (Lipinski definition) is 2. The van der Waals surface area contributed by atoms with Crippen molar-refractivity contribution >= 4 is 28.8 Å². The molecule has 0 aliphatic heterocycles. The number of aromatic nitrogens is 2. The van der Waals surface area contributed by atoms with E-state index >= 15 is 0 Å². The summed E-state index contributed by atoms with van der Waals surface area (Å²) in [5, 5.41) is 12.1. The molecular weight excluding hydrogens is 360 g/mol. The first-order chi connectivity index (χ1) is 13.0. The average molecular weight is 382 g/mol. The Morgan fingerprint density at radius 3 is 2.67 bits per heavy atom. The standard InChI is InChI=1S/C20H22N4O2S/c1-14-13-15(2)24(23-14)17-8-4-3-7-16(17)22-19(25)10-5-11-21-20(26)18-9-6-12-27-18/h3-4,6-9,12-13H,5,10-11H2,1-2H3,(H,21,26)(H,22,25). The number of hydrogen-bond acceptors (Lipinski definition) is 4. The molecule has 0 fully saturated rings. The van der Waals surface area contributed by atoms with E-state index in [1.807, 2.05) is 60.3 Å². The van der Waals surface area contributed by atoms with Gasteiger partial charge in [0.15, 0.2) is 0 Å². The summed E-state index contributed by atoms with van der Waals surface area (Å²) in [5.74, 6) is -0.186. The fourth-order valence-corrected chi connectivity index (χ4v) is 3.44. The van der Waals surface area contributed by atoms with Crippen molar-refractivity contribution in [3.8, 4) is 5.69 Å². The number of benzene rings is 1. The van der Waals surface area contributed by atoms with E-state index < -0.39 is 0 Å². The lowest BCUT2D eigenvalue weighted by Gasteiger charge is -2.12. The van der Waals surface area contributed by atoms with Gasteiger partial charge in [0.1, 0.15) is 0 Å². The molecule has 7 heteroatoms. The van der Waals surface area contributed by atoms with Crippen LogP contribution in [-0.4, -0.2) is 28.1 Å². The van der Waals surface area contributed by atoms with Crippen LogP contribution in [0.5, 0.6) is 0 Å². The first-order valence-electron chi connectivity index (χ1n) is 8.79. The molecule has 3 aromatic rings. The van der Waals surface area contributed by atoms with E-state index in [4.69, 9.17) is 0 Å². The molecule has 2 N–H and O–H groups in total. The van der Waals surface area contributed by atoms with Gasteiger partial charge in [-0.05, 0) is 49.9 Å². The van der Waals surface area contributed by atoms with Crippen molar-refractivity contribution in [3.05, 3.63) is 64.1 Å². The molecule has 2 aromatic heterocycles. The minimum atomic E-state index is -0.0970. The molecule has 0 radical (unpaired) electrons. The van der Waals surface area contributed by atoms with Gasteiger partial charge in [0, 0.05) is 18.7 Å². The second-order valence-electron chi connectivity index (χ2n) is 6.24. The summed E-state index contributed by atoms with van der Waals surface area (Å²) in [6, 6.07) is 13.2. The van der Waals surface area contributed by atoms with Crippen LogP contribution in [-0.2, 0) is 4.79 Å². The van der Waals surface area contributed by atoms with E-state index in [1.165, 1.54) is 11.3 Å². The monoisotopic (exact) mass is 382 g/mol. The molecule has 0 saturated heterocycles. The fraction of sp³-hybridized carbons (Fsp3) is 0.250. The number of nitrogens with one attached hydrogen (secondary N) is 2. The zero-order chi connectivity index (χ0) is 19.2. The third kappa shape index (κ3) is 4.83. The molecule has 0 unspecified atom stereocenters. The van der Waals surface area contributed by atoms with Crippen molar-refractivity contribution in [1.82, 2.24) is 15.1 Å². The van der Waals surface area contributed by atoms with Crippen molar-refractivity contribution < 1.29 is 9.59 Å². The smallest absolute Gasteiger partial charge is 0.261 e. The van der Waals surface area contributed by atoms with Crippen molar-refractivity contribution in [3.63, 3.8) is 0 Å². The Labute approximate surface area is 162 Å². The maximum absolute atomic E-state index is 12.3. The van der Waals surface area contributed by atoms with Crippen LogP contribution in [0, 0.1) is 13.8 Å². The van der Waals surface area contributed by atoms with Crippen molar-refractivity contribution in [2.45, 2.75) is 26.7 Å². The third-order valence-corrected chi connectivity index (χ3v) is 4.90. The van der Waals surface area contributed by atoms with E-state index in [-0.39, 0.29) is 11.8 Å². The molecule has 1 aromatic carbocycles. The van der Waals surface area contributed by atoms with Crippen LogP contribution >= 0.6 is 11.3 Å². The lowest BCUT2D eigenvalue weighted by molar-refractivity contribution is -0.116. The Balaban J connectivity index is 1.54. The minimum absolute atomic E-state index is 0.0886. The SMILES string of the molecule is Cc1cc(C)n(-c2ccccc2NC(=O)CCCNC(=O)c2cccs2)n1. The number of anilines is 1. The highest BCUT2D eigenvalue weighted by Crippen LogP contribution is 2.21. The van der Waals surface area contributed by atoms with Crippen LogP contribution in [0.4, 0.5) is 5.69 Å². The molecule has 3 rings (SSSR count). The Hall–Kier alpha value is -2.93. The lowest BCUT2D eigenvalue weighted by Crippen LogP contribution is -2.24. The van der Waals surface area contributed by atoms with Gasteiger partial charge in [-0.15, -0.1) is 11.3 Å². The van der Waals surface area contributed by atoms with Crippen molar-refractivity contribution in [2.24, 2.45) is 0 Å². The van der Waals surface area contributed by atoms with Gasteiger partial charge >= 0.3 is 0 Å². The maximum Gasteiger partial charge on any atom is 0.261 e. The second-order valence-corrected chi connectivity index (χ2v) is 7.19. The molecule has 0 spiro atoms. The topological polar surface area (TPSA) is 76.0 Å². The number of thiophene rings is 1.